The quantitative estimate of drug-likeness (QED) is 0.328. The zero-order valence-electron chi connectivity index (χ0n) is 24.1. The van der Waals surface area contributed by atoms with Crippen LogP contribution in [0.1, 0.15) is 42.5 Å². The van der Waals surface area contributed by atoms with Gasteiger partial charge in [0.2, 0.25) is 0 Å². The number of aliphatic hydroxyl groups is 1. The van der Waals surface area contributed by atoms with Gasteiger partial charge in [-0.1, -0.05) is 18.6 Å². The number of aromatic nitrogens is 3. The molecule has 2 aromatic carbocycles. The van der Waals surface area contributed by atoms with Gasteiger partial charge in [-0.3, -0.25) is 4.79 Å². The Kier molecular flexibility index (Phi) is 7.06. The summed E-state index contributed by atoms with van der Waals surface area (Å²) < 4.78 is 24.9. The molecule has 3 aliphatic rings. The lowest BCUT2D eigenvalue weighted by Crippen LogP contribution is -2.50. The highest BCUT2D eigenvalue weighted by molar-refractivity contribution is 6.01. The SMILES string of the molecule is COc1cc(C(=O)N2C[C@H](N)C[C@@H](F)C2)cc2nc(-c3cc4cccc5c4n3CCN5CCCO)n(CC3CCC3)c12. The van der Waals surface area contributed by atoms with Crippen LogP contribution in [-0.2, 0) is 13.1 Å². The van der Waals surface area contributed by atoms with E-state index in [-0.39, 0.29) is 31.5 Å². The number of hydrogen-bond donors (Lipinski definition) is 2. The summed E-state index contributed by atoms with van der Waals surface area (Å²) in [6.45, 7) is 3.87. The second-order valence-electron chi connectivity index (χ2n) is 12.2. The number of alkyl halides is 1. The summed E-state index contributed by atoms with van der Waals surface area (Å²) >= 11 is 0. The zero-order valence-corrected chi connectivity index (χ0v) is 24.1. The average Bonchev–Trinajstić information content (AvgIpc) is 3.52. The Morgan fingerprint density at radius 2 is 2.02 bits per heavy atom. The Bertz CT molecular complexity index is 1630. The molecule has 1 amide bonds. The Morgan fingerprint density at radius 1 is 1.17 bits per heavy atom. The Morgan fingerprint density at radius 3 is 2.76 bits per heavy atom. The number of methoxy groups -OCH3 is 1. The number of halogens is 1. The fourth-order valence-electron chi connectivity index (χ4n) is 7.05. The van der Waals surface area contributed by atoms with Crippen molar-refractivity contribution in [2.45, 2.75) is 57.4 Å². The van der Waals surface area contributed by atoms with Gasteiger partial charge in [0, 0.05) is 56.3 Å². The summed E-state index contributed by atoms with van der Waals surface area (Å²) in [5.41, 5.74) is 11.5. The third kappa shape index (κ3) is 4.61. The van der Waals surface area contributed by atoms with Crippen LogP contribution in [0.25, 0.3) is 33.5 Å². The number of likely N-dealkylation sites (tertiary alicyclic amines) is 1. The molecule has 1 aliphatic carbocycles. The molecule has 9 nitrogen and oxygen atoms in total. The second-order valence-corrected chi connectivity index (χ2v) is 12.2. The van der Waals surface area contributed by atoms with E-state index in [1.807, 2.05) is 6.07 Å². The minimum Gasteiger partial charge on any atom is -0.494 e. The predicted molar refractivity (Wildman–Crippen MR) is 162 cm³/mol. The molecule has 3 N–H and O–H groups in total. The molecule has 42 heavy (non-hydrogen) atoms. The number of para-hydroxylation sites is 1. The molecule has 10 heteroatoms. The van der Waals surface area contributed by atoms with E-state index < -0.39 is 6.17 Å². The third-order valence-electron chi connectivity index (χ3n) is 9.31. The number of piperidine rings is 1. The van der Waals surface area contributed by atoms with Gasteiger partial charge < -0.3 is 34.5 Å². The lowest BCUT2D eigenvalue weighted by molar-refractivity contribution is 0.0606. The van der Waals surface area contributed by atoms with E-state index in [2.05, 4.69) is 38.3 Å². The Balaban J connectivity index is 1.36. The molecule has 2 atom stereocenters. The molecule has 0 radical (unpaired) electrons. The first-order valence-electron chi connectivity index (χ1n) is 15.2. The van der Waals surface area contributed by atoms with Crippen LogP contribution in [0.15, 0.2) is 36.4 Å². The number of hydrogen-bond acceptors (Lipinski definition) is 6. The van der Waals surface area contributed by atoms with Crippen LogP contribution in [-0.4, -0.2) is 82.1 Å². The first-order chi connectivity index (χ1) is 20.4. The number of benzene rings is 2. The lowest BCUT2D eigenvalue weighted by Gasteiger charge is -2.33. The average molecular weight is 575 g/mol. The predicted octanol–water partition coefficient (Wildman–Crippen LogP) is 4.18. The van der Waals surface area contributed by atoms with Crippen molar-refractivity contribution in [3.8, 4) is 17.3 Å². The van der Waals surface area contributed by atoms with Crippen LogP contribution in [0, 0.1) is 5.92 Å². The van der Waals surface area contributed by atoms with E-state index in [1.165, 1.54) is 35.4 Å². The molecule has 0 unspecified atom stereocenters. The molecule has 222 valence electrons. The summed E-state index contributed by atoms with van der Waals surface area (Å²) in [5.74, 6) is 1.78. The van der Waals surface area contributed by atoms with Crippen molar-refractivity contribution < 1.29 is 19.0 Å². The summed E-state index contributed by atoms with van der Waals surface area (Å²) in [5, 5.41) is 10.6. The van der Waals surface area contributed by atoms with Crippen LogP contribution >= 0.6 is 0 Å². The maximum Gasteiger partial charge on any atom is 0.254 e. The summed E-state index contributed by atoms with van der Waals surface area (Å²) in [4.78, 5) is 22.6. The topological polar surface area (TPSA) is 102 Å². The van der Waals surface area contributed by atoms with Gasteiger partial charge in [0.15, 0.2) is 5.82 Å². The van der Waals surface area contributed by atoms with Crippen molar-refractivity contribution in [2.24, 2.45) is 11.7 Å². The van der Waals surface area contributed by atoms with Gasteiger partial charge >= 0.3 is 0 Å². The molecule has 1 saturated carbocycles. The van der Waals surface area contributed by atoms with Gasteiger partial charge in [-0.05, 0) is 55.9 Å². The smallest absolute Gasteiger partial charge is 0.254 e. The lowest BCUT2D eigenvalue weighted by atomic mass is 9.85. The first-order valence-corrected chi connectivity index (χ1v) is 15.2. The Hall–Kier alpha value is -3.63. The van der Waals surface area contributed by atoms with Crippen LogP contribution < -0.4 is 15.4 Å². The van der Waals surface area contributed by atoms with Crippen molar-refractivity contribution in [3.05, 3.63) is 42.0 Å². The molecular weight excluding hydrogens is 535 g/mol. The van der Waals surface area contributed by atoms with Gasteiger partial charge in [0.05, 0.1) is 36.1 Å². The highest BCUT2D eigenvalue weighted by Gasteiger charge is 2.31. The second kappa shape index (κ2) is 10.9. The van der Waals surface area contributed by atoms with E-state index >= 15 is 0 Å². The van der Waals surface area contributed by atoms with E-state index in [0.29, 0.717) is 29.3 Å². The van der Waals surface area contributed by atoms with Gasteiger partial charge in [-0.2, -0.15) is 0 Å². The van der Waals surface area contributed by atoms with Crippen LogP contribution in [0.4, 0.5) is 10.1 Å². The van der Waals surface area contributed by atoms with Gasteiger partial charge in [0.25, 0.3) is 5.91 Å². The number of amides is 1. The van der Waals surface area contributed by atoms with Gasteiger partial charge in [0.1, 0.15) is 17.4 Å². The molecule has 1 saturated heterocycles. The maximum atomic E-state index is 14.3. The zero-order chi connectivity index (χ0) is 29.0. The summed E-state index contributed by atoms with van der Waals surface area (Å²) in [7, 11) is 1.63. The molecule has 7 rings (SSSR count). The van der Waals surface area contributed by atoms with Crippen LogP contribution in [0.3, 0.4) is 0 Å². The molecule has 4 aromatic rings. The number of imidazole rings is 1. The standard InChI is InChI=1S/C32H39FN6O3/c1-42-28-15-22(32(41)37-18-23(33)16-24(34)19-37)13-25-30(28)39(17-20-5-2-6-20)31(35-25)27-14-21-7-3-8-26-29(21)38(27)11-10-36(26)9-4-12-40/h3,7-8,13-15,20,23-24,40H,2,4-6,9-12,16-19,34H2,1H3/t23-,24-/m1/s1. The van der Waals surface area contributed by atoms with E-state index in [0.717, 1.165) is 55.0 Å². The van der Waals surface area contributed by atoms with E-state index in [9.17, 15) is 14.3 Å². The number of carbonyl (C=O) groups excluding carboxylic acids is 1. The van der Waals surface area contributed by atoms with Crippen LogP contribution in [0.2, 0.25) is 0 Å². The summed E-state index contributed by atoms with van der Waals surface area (Å²) in [6, 6.07) is 11.9. The third-order valence-corrected chi connectivity index (χ3v) is 9.31. The number of rotatable bonds is 8. The van der Waals surface area contributed by atoms with Crippen molar-refractivity contribution in [3.63, 3.8) is 0 Å². The molecule has 0 spiro atoms. The monoisotopic (exact) mass is 574 g/mol. The van der Waals surface area contributed by atoms with Crippen LogP contribution in [0.5, 0.6) is 5.75 Å². The number of nitrogens with two attached hydrogens (primary N) is 1. The van der Waals surface area contributed by atoms with E-state index in [4.69, 9.17) is 15.5 Å². The number of ether oxygens (including phenoxy) is 1. The molecular formula is C32H39FN6O3. The highest BCUT2D eigenvalue weighted by atomic mass is 19.1. The normalized spacial score (nSPS) is 20.9. The number of fused-ring (bicyclic) bond motifs is 1. The molecule has 4 heterocycles. The number of nitrogens with zero attached hydrogens (tertiary/aromatic N) is 5. The largest absolute Gasteiger partial charge is 0.494 e. The first kappa shape index (κ1) is 27.2. The minimum atomic E-state index is -1.12. The minimum absolute atomic E-state index is 0.0476. The summed E-state index contributed by atoms with van der Waals surface area (Å²) in [6.07, 6.45) is 3.49. The van der Waals surface area contributed by atoms with Gasteiger partial charge in [-0.15, -0.1) is 0 Å². The fraction of sp³-hybridized carbons (Fsp3) is 0.500. The van der Waals surface area contributed by atoms with E-state index in [1.54, 1.807) is 13.2 Å². The molecule has 2 aliphatic heterocycles. The number of aliphatic hydroxyl groups excluding tert-OH is 1. The number of anilines is 1. The fourth-order valence-corrected chi connectivity index (χ4v) is 7.05. The maximum absolute atomic E-state index is 14.3. The molecule has 0 bridgehead atoms. The van der Waals surface area contributed by atoms with Gasteiger partial charge in [-0.25, -0.2) is 9.37 Å². The van der Waals surface area contributed by atoms with Crippen molar-refractivity contribution in [2.75, 3.05) is 44.8 Å². The number of carbonyl (C=O) groups is 1. The highest BCUT2D eigenvalue weighted by Crippen LogP contribution is 2.41. The van der Waals surface area contributed by atoms with Crippen molar-refractivity contribution in [1.29, 1.82) is 0 Å². The Labute approximate surface area is 244 Å². The molecule has 2 fully saturated rings. The molecule has 2 aromatic heterocycles. The van der Waals surface area contributed by atoms with Crippen molar-refractivity contribution >= 4 is 33.5 Å². The van der Waals surface area contributed by atoms with Crippen molar-refractivity contribution in [1.82, 2.24) is 19.0 Å².